The number of nitrogens with zero attached hydrogens (tertiary/aromatic N) is 3. The monoisotopic (exact) mass is 203 g/mol. The zero-order chi connectivity index (χ0) is 10.8. The van der Waals surface area contributed by atoms with E-state index < -0.39 is 6.10 Å². The highest BCUT2D eigenvalue weighted by molar-refractivity contribution is 5.27. The van der Waals surface area contributed by atoms with Crippen molar-refractivity contribution in [3.8, 4) is 0 Å². The average molecular weight is 203 g/mol. The first kappa shape index (κ1) is 9.86. The van der Waals surface area contributed by atoms with Gasteiger partial charge in [0.1, 0.15) is 6.10 Å². The molecule has 4 heteroatoms. The van der Waals surface area contributed by atoms with Crippen molar-refractivity contribution in [2.75, 3.05) is 0 Å². The summed E-state index contributed by atoms with van der Waals surface area (Å²) >= 11 is 0. The minimum absolute atomic E-state index is 0.647. The summed E-state index contributed by atoms with van der Waals surface area (Å²) in [6.45, 7) is 1.88. The van der Waals surface area contributed by atoms with Gasteiger partial charge in [0, 0.05) is 30.7 Å². The number of hydrogen-bond donors (Lipinski definition) is 1. The van der Waals surface area contributed by atoms with Gasteiger partial charge in [0.25, 0.3) is 0 Å². The molecule has 0 saturated heterocycles. The number of hydrogen-bond acceptors (Lipinski definition) is 3. The van der Waals surface area contributed by atoms with Crippen LogP contribution < -0.4 is 0 Å². The van der Waals surface area contributed by atoms with Crippen LogP contribution in [-0.4, -0.2) is 19.9 Å². The number of aryl methyl sites for hydroxylation is 2. The van der Waals surface area contributed by atoms with Crippen LogP contribution >= 0.6 is 0 Å². The van der Waals surface area contributed by atoms with Crippen LogP contribution in [-0.2, 0) is 7.05 Å². The Hall–Kier alpha value is -1.68. The van der Waals surface area contributed by atoms with Crippen LogP contribution in [0, 0.1) is 6.92 Å². The molecule has 0 bridgehead atoms. The van der Waals surface area contributed by atoms with Crippen LogP contribution in [0.4, 0.5) is 0 Å². The molecule has 0 saturated carbocycles. The molecule has 2 aromatic rings. The first-order valence-electron chi connectivity index (χ1n) is 4.77. The molecule has 0 amide bonds. The second-order valence-corrected chi connectivity index (χ2v) is 3.49. The van der Waals surface area contributed by atoms with Crippen molar-refractivity contribution in [3.05, 3.63) is 47.5 Å². The number of aromatic nitrogens is 3. The van der Waals surface area contributed by atoms with Gasteiger partial charge in [0.05, 0.1) is 5.69 Å². The maximum Gasteiger partial charge on any atom is 0.125 e. The van der Waals surface area contributed by atoms with Crippen LogP contribution in [0.1, 0.15) is 23.1 Å². The highest BCUT2D eigenvalue weighted by Gasteiger charge is 2.15. The van der Waals surface area contributed by atoms with Gasteiger partial charge in [0.2, 0.25) is 0 Å². The minimum atomic E-state index is -0.695. The standard InChI is InChI=1S/C11H13N3O/c1-8-9(4-3-6-12-8)11(15)10-5-7-14(2)13-10/h3-7,11,15H,1-2H3. The van der Waals surface area contributed by atoms with Crippen molar-refractivity contribution in [1.82, 2.24) is 14.8 Å². The molecule has 78 valence electrons. The third kappa shape index (κ3) is 1.89. The molecule has 0 aromatic carbocycles. The summed E-state index contributed by atoms with van der Waals surface area (Å²) in [6, 6.07) is 5.48. The van der Waals surface area contributed by atoms with Crippen molar-refractivity contribution >= 4 is 0 Å². The molecule has 2 rings (SSSR count). The molecule has 0 spiro atoms. The van der Waals surface area contributed by atoms with Crippen LogP contribution in [0.3, 0.4) is 0 Å². The fourth-order valence-corrected chi connectivity index (χ4v) is 1.52. The molecule has 15 heavy (non-hydrogen) atoms. The van der Waals surface area contributed by atoms with Gasteiger partial charge < -0.3 is 5.11 Å². The summed E-state index contributed by atoms with van der Waals surface area (Å²) in [6.07, 6.45) is 2.83. The number of aliphatic hydroxyl groups excluding tert-OH is 1. The van der Waals surface area contributed by atoms with Crippen molar-refractivity contribution in [1.29, 1.82) is 0 Å². The van der Waals surface area contributed by atoms with E-state index in [9.17, 15) is 5.11 Å². The van der Waals surface area contributed by atoms with Crippen LogP contribution in [0.25, 0.3) is 0 Å². The van der Waals surface area contributed by atoms with E-state index in [4.69, 9.17) is 0 Å². The molecule has 4 nitrogen and oxygen atoms in total. The summed E-state index contributed by atoms with van der Waals surface area (Å²) in [7, 11) is 1.83. The first-order valence-corrected chi connectivity index (χ1v) is 4.77. The molecular weight excluding hydrogens is 190 g/mol. The van der Waals surface area contributed by atoms with E-state index in [2.05, 4.69) is 10.1 Å². The fourth-order valence-electron chi connectivity index (χ4n) is 1.52. The molecule has 2 aromatic heterocycles. The molecule has 0 aliphatic heterocycles. The zero-order valence-electron chi connectivity index (χ0n) is 8.75. The highest BCUT2D eigenvalue weighted by Crippen LogP contribution is 2.21. The zero-order valence-corrected chi connectivity index (χ0v) is 8.75. The van der Waals surface area contributed by atoms with E-state index in [1.54, 1.807) is 16.9 Å². The van der Waals surface area contributed by atoms with Gasteiger partial charge in [0.15, 0.2) is 0 Å². The molecule has 0 aliphatic carbocycles. The predicted octanol–water partition coefficient (Wildman–Crippen LogP) is 1.21. The number of aliphatic hydroxyl groups is 1. The molecule has 1 atom stereocenters. The lowest BCUT2D eigenvalue weighted by molar-refractivity contribution is 0.213. The maximum atomic E-state index is 10.1. The van der Waals surface area contributed by atoms with E-state index in [-0.39, 0.29) is 0 Å². The second kappa shape index (κ2) is 3.82. The van der Waals surface area contributed by atoms with Crippen LogP contribution in [0.15, 0.2) is 30.6 Å². The normalized spacial score (nSPS) is 12.7. The largest absolute Gasteiger partial charge is 0.382 e. The quantitative estimate of drug-likeness (QED) is 0.798. The lowest BCUT2D eigenvalue weighted by Crippen LogP contribution is -2.04. The summed E-state index contributed by atoms with van der Waals surface area (Å²) in [5.41, 5.74) is 2.28. The fraction of sp³-hybridized carbons (Fsp3) is 0.273. The maximum absolute atomic E-state index is 10.1. The Balaban J connectivity index is 2.36. The lowest BCUT2D eigenvalue weighted by Gasteiger charge is -2.09. The number of pyridine rings is 1. The lowest BCUT2D eigenvalue weighted by atomic mass is 10.1. The minimum Gasteiger partial charge on any atom is -0.382 e. The van der Waals surface area contributed by atoms with E-state index in [0.29, 0.717) is 5.69 Å². The van der Waals surface area contributed by atoms with E-state index in [1.807, 2.05) is 32.3 Å². The molecule has 0 fully saturated rings. The summed E-state index contributed by atoms with van der Waals surface area (Å²) in [5, 5.41) is 14.2. The van der Waals surface area contributed by atoms with Gasteiger partial charge in [-0.25, -0.2) is 0 Å². The Morgan fingerprint density at radius 1 is 1.40 bits per heavy atom. The molecule has 1 unspecified atom stereocenters. The molecular formula is C11H13N3O. The molecule has 0 aliphatic rings. The Kier molecular flexibility index (Phi) is 2.51. The Morgan fingerprint density at radius 3 is 2.80 bits per heavy atom. The van der Waals surface area contributed by atoms with Crippen molar-refractivity contribution in [2.24, 2.45) is 7.05 Å². The van der Waals surface area contributed by atoms with Gasteiger partial charge in [-0.1, -0.05) is 6.07 Å². The van der Waals surface area contributed by atoms with E-state index >= 15 is 0 Å². The number of rotatable bonds is 2. The van der Waals surface area contributed by atoms with Crippen LogP contribution in [0.5, 0.6) is 0 Å². The first-order chi connectivity index (χ1) is 7.18. The van der Waals surface area contributed by atoms with E-state index in [0.717, 1.165) is 11.3 Å². The summed E-state index contributed by atoms with van der Waals surface area (Å²) < 4.78 is 1.67. The van der Waals surface area contributed by atoms with Crippen LogP contribution in [0.2, 0.25) is 0 Å². The van der Waals surface area contributed by atoms with Gasteiger partial charge >= 0.3 is 0 Å². The third-order valence-corrected chi connectivity index (χ3v) is 2.36. The Labute approximate surface area is 88.2 Å². The molecule has 1 N–H and O–H groups in total. The SMILES string of the molecule is Cc1ncccc1C(O)c1ccn(C)n1. The Bertz CT molecular complexity index is 464. The average Bonchev–Trinajstić information content (AvgIpc) is 2.65. The van der Waals surface area contributed by atoms with Gasteiger partial charge in [-0.05, 0) is 19.1 Å². The van der Waals surface area contributed by atoms with Gasteiger partial charge in [-0.2, -0.15) is 5.10 Å². The van der Waals surface area contributed by atoms with E-state index in [1.165, 1.54) is 0 Å². The molecule has 0 radical (unpaired) electrons. The third-order valence-electron chi connectivity index (χ3n) is 2.36. The highest BCUT2D eigenvalue weighted by atomic mass is 16.3. The smallest absolute Gasteiger partial charge is 0.125 e. The predicted molar refractivity (Wildman–Crippen MR) is 56.2 cm³/mol. The molecule has 2 heterocycles. The van der Waals surface area contributed by atoms with Crippen molar-refractivity contribution in [2.45, 2.75) is 13.0 Å². The Morgan fingerprint density at radius 2 is 2.20 bits per heavy atom. The van der Waals surface area contributed by atoms with Gasteiger partial charge in [-0.3, -0.25) is 9.67 Å². The van der Waals surface area contributed by atoms with Crippen molar-refractivity contribution in [3.63, 3.8) is 0 Å². The topological polar surface area (TPSA) is 50.9 Å². The van der Waals surface area contributed by atoms with Gasteiger partial charge in [-0.15, -0.1) is 0 Å². The summed E-state index contributed by atoms with van der Waals surface area (Å²) in [4.78, 5) is 4.14. The second-order valence-electron chi connectivity index (χ2n) is 3.49. The summed E-state index contributed by atoms with van der Waals surface area (Å²) in [5.74, 6) is 0. The van der Waals surface area contributed by atoms with Crippen molar-refractivity contribution < 1.29 is 5.11 Å².